The molecule has 2 aromatic heterocycles. The van der Waals surface area contributed by atoms with Gasteiger partial charge in [0.1, 0.15) is 17.1 Å². The second kappa shape index (κ2) is 4.85. The van der Waals surface area contributed by atoms with E-state index in [9.17, 15) is 9.18 Å². The first-order valence-electron chi connectivity index (χ1n) is 6.11. The van der Waals surface area contributed by atoms with E-state index in [0.29, 0.717) is 29.0 Å². The van der Waals surface area contributed by atoms with Crippen molar-refractivity contribution < 1.29 is 13.6 Å². The highest BCUT2D eigenvalue weighted by Crippen LogP contribution is 2.25. The summed E-state index contributed by atoms with van der Waals surface area (Å²) in [6.45, 7) is 1.54. The molecule has 0 saturated carbocycles. The van der Waals surface area contributed by atoms with Crippen molar-refractivity contribution in [1.29, 1.82) is 0 Å². The number of carbonyl (C=O) groups excluding carboxylic acids is 1. The molecule has 0 aliphatic rings. The summed E-state index contributed by atoms with van der Waals surface area (Å²) in [7, 11) is 0. The van der Waals surface area contributed by atoms with Gasteiger partial charge in [-0.2, -0.15) is 0 Å². The van der Waals surface area contributed by atoms with Crippen LogP contribution in [0.5, 0.6) is 0 Å². The van der Waals surface area contributed by atoms with E-state index in [-0.39, 0.29) is 5.78 Å². The number of hydrogen-bond donors (Lipinski definition) is 0. The minimum absolute atomic E-state index is 0.0819. The number of aromatic nitrogens is 2. The zero-order valence-electron chi connectivity index (χ0n) is 10.8. The Hall–Kier alpha value is -2.56. The second-order valence-corrected chi connectivity index (χ2v) is 4.59. The molecule has 100 valence electrons. The Labute approximate surface area is 114 Å². The van der Waals surface area contributed by atoms with E-state index in [1.54, 1.807) is 12.1 Å². The number of oxazole rings is 1. The number of benzene rings is 1. The molecule has 0 atom stereocenters. The highest BCUT2D eigenvalue weighted by molar-refractivity contribution is 5.81. The Balaban J connectivity index is 2.04. The van der Waals surface area contributed by atoms with Crippen LogP contribution in [0.4, 0.5) is 4.39 Å². The summed E-state index contributed by atoms with van der Waals surface area (Å²) in [4.78, 5) is 19.2. The average Bonchev–Trinajstić information content (AvgIpc) is 2.81. The predicted molar refractivity (Wildman–Crippen MR) is 71.6 cm³/mol. The molecule has 0 radical (unpaired) electrons. The lowest BCUT2D eigenvalue weighted by atomic mass is 10.1. The molecule has 0 unspecified atom stereocenters. The van der Waals surface area contributed by atoms with E-state index in [1.807, 2.05) is 6.07 Å². The zero-order valence-corrected chi connectivity index (χ0v) is 10.8. The van der Waals surface area contributed by atoms with Crippen molar-refractivity contribution in [3.05, 3.63) is 48.0 Å². The van der Waals surface area contributed by atoms with E-state index in [0.717, 1.165) is 11.8 Å². The number of fused-ring (bicyclic) bond motifs is 1. The monoisotopic (exact) mass is 270 g/mol. The van der Waals surface area contributed by atoms with Crippen LogP contribution in [0.1, 0.15) is 12.5 Å². The summed E-state index contributed by atoms with van der Waals surface area (Å²) in [6, 6.07) is 6.71. The van der Waals surface area contributed by atoms with Gasteiger partial charge in [-0.25, -0.2) is 9.37 Å². The van der Waals surface area contributed by atoms with Crippen molar-refractivity contribution in [3.8, 4) is 11.5 Å². The molecular formula is C15H11FN2O2. The van der Waals surface area contributed by atoms with E-state index in [4.69, 9.17) is 4.42 Å². The lowest BCUT2D eigenvalue weighted by molar-refractivity contribution is -0.116. The topological polar surface area (TPSA) is 56.0 Å². The summed E-state index contributed by atoms with van der Waals surface area (Å²) in [6.07, 6.45) is 2.97. The van der Waals surface area contributed by atoms with Gasteiger partial charge >= 0.3 is 0 Å². The molecule has 1 aromatic carbocycles. The fraction of sp³-hybridized carbons (Fsp3) is 0.133. The molecular weight excluding hydrogens is 259 g/mol. The van der Waals surface area contributed by atoms with Crippen molar-refractivity contribution in [3.63, 3.8) is 0 Å². The molecule has 3 aromatic rings. The molecule has 0 amide bonds. The Kier molecular flexibility index (Phi) is 3.02. The fourth-order valence-electron chi connectivity index (χ4n) is 2.02. The molecule has 0 aliphatic heterocycles. The normalized spacial score (nSPS) is 10.9. The molecule has 20 heavy (non-hydrogen) atoms. The summed E-state index contributed by atoms with van der Waals surface area (Å²) in [5.74, 6) is -0.0487. The van der Waals surface area contributed by atoms with Gasteiger partial charge in [-0.1, -0.05) is 6.07 Å². The van der Waals surface area contributed by atoms with Gasteiger partial charge in [0, 0.05) is 12.6 Å². The van der Waals surface area contributed by atoms with Gasteiger partial charge < -0.3 is 4.42 Å². The van der Waals surface area contributed by atoms with E-state index in [1.165, 1.54) is 19.2 Å². The molecule has 0 bridgehead atoms. The maximum absolute atomic E-state index is 13.1. The molecule has 0 saturated heterocycles. The molecule has 5 heteroatoms. The van der Waals surface area contributed by atoms with Crippen LogP contribution in [0, 0.1) is 5.82 Å². The fourth-order valence-corrected chi connectivity index (χ4v) is 2.02. The number of ketones is 1. The Bertz CT molecular complexity index is 795. The smallest absolute Gasteiger partial charge is 0.228 e. The van der Waals surface area contributed by atoms with Gasteiger partial charge in [-0.15, -0.1) is 0 Å². The molecule has 0 N–H and O–H groups in total. The largest absolute Gasteiger partial charge is 0.436 e. The van der Waals surface area contributed by atoms with Gasteiger partial charge in [-0.3, -0.25) is 9.78 Å². The standard InChI is InChI=1S/C15H11FN2O2/c1-9(19)4-10-2-3-13-14(5-10)20-15(18-13)11-6-12(16)8-17-7-11/h2-3,5-8H,4H2,1H3. The van der Waals surface area contributed by atoms with Crippen molar-refractivity contribution in [1.82, 2.24) is 9.97 Å². The zero-order chi connectivity index (χ0) is 14.1. The lowest BCUT2D eigenvalue weighted by Crippen LogP contribution is -1.95. The third-order valence-electron chi connectivity index (χ3n) is 2.86. The number of hydrogen-bond acceptors (Lipinski definition) is 4. The van der Waals surface area contributed by atoms with E-state index < -0.39 is 5.82 Å². The van der Waals surface area contributed by atoms with Crippen LogP contribution >= 0.6 is 0 Å². The number of Topliss-reactive ketones (excluding diaryl/α,β-unsaturated/α-hetero) is 1. The Morgan fingerprint density at radius 1 is 1.30 bits per heavy atom. The predicted octanol–water partition coefficient (Wildman–Crippen LogP) is 3.16. The minimum atomic E-state index is -0.443. The van der Waals surface area contributed by atoms with E-state index in [2.05, 4.69) is 9.97 Å². The number of halogens is 1. The minimum Gasteiger partial charge on any atom is -0.436 e. The Morgan fingerprint density at radius 3 is 2.90 bits per heavy atom. The molecule has 3 rings (SSSR count). The van der Waals surface area contributed by atoms with Crippen LogP contribution in [0.25, 0.3) is 22.6 Å². The van der Waals surface area contributed by atoms with Gasteiger partial charge in [-0.05, 0) is 30.7 Å². The highest BCUT2D eigenvalue weighted by atomic mass is 19.1. The number of rotatable bonds is 3. The second-order valence-electron chi connectivity index (χ2n) is 4.59. The summed E-state index contributed by atoms with van der Waals surface area (Å²) >= 11 is 0. The van der Waals surface area contributed by atoms with Crippen LogP contribution in [0.15, 0.2) is 41.1 Å². The maximum Gasteiger partial charge on any atom is 0.228 e. The third kappa shape index (κ3) is 2.42. The van der Waals surface area contributed by atoms with Gasteiger partial charge in [0.05, 0.1) is 11.8 Å². The number of pyridine rings is 1. The first-order chi connectivity index (χ1) is 9.61. The maximum atomic E-state index is 13.1. The summed E-state index contributed by atoms with van der Waals surface area (Å²) in [5.41, 5.74) is 2.58. The van der Waals surface area contributed by atoms with Crippen molar-refractivity contribution in [2.75, 3.05) is 0 Å². The molecule has 0 spiro atoms. The molecule has 0 aliphatic carbocycles. The highest BCUT2D eigenvalue weighted by Gasteiger charge is 2.10. The molecule has 2 heterocycles. The summed E-state index contributed by atoms with van der Waals surface area (Å²) in [5, 5.41) is 0. The first-order valence-corrected chi connectivity index (χ1v) is 6.11. The van der Waals surface area contributed by atoms with Gasteiger partial charge in [0.25, 0.3) is 0 Å². The molecule has 4 nitrogen and oxygen atoms in total. The SMILES string of the molecule is CC(=O)Cc1ccc2nc(-c3cncc(F)c3)oc2c1. The van der Waals surface area contributed by atoms with Crippen molar-refractivity contribution >= 4 is 16.9 Å². The van der Waals surface area contributed by atoms with Crippen molar-refractivity contribution in [2.24, 2.45) is 0 Å². The van der Waals surface area contributed by atoms with Gasteiger partial charge in [0.15, 0.2) is 5.58 Å². The first kappa shape index (κ1) is 12.5. The summed E-state index contributed by atoms with van der Waals surface area (Å²) < 4.78 is 18.7. The molecule has 0 fully saturated rings. The quantitative estimate of drug-likeness (QED) is 0.733. The van der Waals surface area contributed by atoms with Crippen LogP contribution in [-0.4, -0.2) is 15.8 Å². The van der Waals surface area contributed by atoms with Crippen LogP contribution in [0.3, 0.4) is 0 Å². The van der Waals surface area contributed by atoms with Crippen LogP contribution < -0.4 is 0 Å². The Morgan fingerprint density at radius 2 is 2.15 bits per heavy atom. The average molecular weight is 270 g/mol. The third-order valence-corrected chi connectivity index (χ3v) is 2.86. The van der Waals surface area contributed by atoms with Crippen LogP contribution in [-0.2, 0) is 11.2 Å². The van der Waals surface area contributed by atoms with Gasteiger partial charge in [0.2, 0.25) is 5.89 Å². The van der Waals surface area contributed by atoms with E-state index >= 15 is 0 Å². The number of carbonyl (C=O) groups is 1. The van der Waals surface area contributed by atoms with Crippen LogP contribution in [0.2, 0.25) is 0 Å². The lowest BCUT2D eigenvalue weighted by Gasteiger charge is -1.95. The number of nitrogens with zero attached hydrogens (tertiary/aromatic N) is 2. The van der Waals surface area contributed by atoms with Crippen molar-refractivity contribution in [2.45, 2.75) is 13.3 Å².